The topological polar surface area (TPSA) is 38.3 Å². The van der Waals surface area contributed by atoms with Crippen LogP contribution in [0.5, 0.6) is 5.75 Å². The van der Waals surface area contributed by atoms with Gasteiger partial charge in [0.1, 0.15) is 5.75 Å². The van der Waals surface area contributed by atoms with Gasteiger partial charge < -0.3 is 10.1 Å². The summed E-state index contributed by atoms with van der Waals surface area (Å²) in [5.74, 6) is -0.239. The molecule has 2 aromatic rings. The van der Waals surface area contributed by atoms with Crippen molar-refractivity contribution in [2.75, 3.05) is 5.32 Å². The lowest BCUT2D eigenvalue weighted by molar-refractivity contribution is -0.137. The van der Waals surface area contributed by atoms with E-state index in [1.807, 2.05) is 0 Å². The van der Waals surface area contributed by atoms with Gasteiger partial charge in [0.25, 0.3) is 5.91 Å². The molecule has 122 valence electrons. The van der Waals surface area contributed by atoms with Gasteiger partial charge in [0.15, 0.2) is 6.10 Å². The number of anilines is 1. The maximum atomic E-state index is 12.9. The number of ether oxygens (including phenoxy) is 1. The van der Waals surface area contributed by atoms with Gasteiger partial charge in [-0.05, 0) is 47.1 Å². The normalized spacial score (nSPS) is 12.6. The second-order valence-corrected chi connectivity index (χ2v) is 5.58. The van der Waals surface area contributed by atoms with E-state index in [1.54, 1.807) is 24.3 Å². The number of rotatable bonds is 4. The number of carbonyl (C=O) groups is 1. The third-order valence-corrected chi connectivity index (χ3v) is 3.66. The number of nitrogens with one attached hydrogen (secondary N) is 1. The molecule has 0 aliphatic heterocycles. The van der Waals surface area contributed by atoms with Crippen molar-refractivity contribution < 1.29 is 22.7 Å². The van der Waals surface area contributed by atoms with Crippen LogP contribution < -0.4 is 10.1 Å². The summed E-state index contributed by atoms with van der Waals surface area (Å²) in [4.78, 5) is 12.1. The van der Waals surface area contributed by atoms with Gasteiger partial charge in [-0.25, -0.2) is 0 Å². The molecule has 3 nitrogen and oxygen atoms in total. The summed E-state index contributed by atoms with van der Waals surface area (Å²) in [6, 6.07) is 11.7. The monoisotopic (exact) mass is 387 g/mol. The predicted octanol–water partition coefficient (Wildman–Crippen LogP) is 4.87. The predicted molar refractivity (Wildman–Crippen MR) is 84.3 cm³/mol. The van der Waals surface area contributed by atoms with Crippen LogP contribution in [0.15, 0.2) is 53.0 Å². The Bertz CT molecular complexity index is 704. The molecule has 0 saturated carbocycles. The van der Waals surface area contributed by atoms with Crippen LogP contribution in [0.1, 0.15) is 12.5 Å². The summed E-state index contributed by atoms with van der Waals surface area (Å²) >= 11 is 3.27. The maximum absolute atomic E-state index is 12.9. The van der Waals surface area contributed by atoms with Crippen molar-refractivity contribution >= 4 is 27.5 Å². The molecular formula is C16H13BrF3NO2. The number of para-hydroxylation sites is 2. The van der Waals surface area contributed by atoms with Gasteiger partial charge in [-0.1, -0.05) is 24.3 Å². The largest absolute Gasteiger partial charge is 0.480 e. The molecule has 0 fully saturated rings. The lowest BCUT2D eigenvalue weighted by atomic mass is 10.1. The van der Waals surface area contributed by atoms with Crippen LogP contribution in [0.2, 0.25) is 0 Å². The molecule has 0 aliphatic carbocycles. The molecule has 0 radical (unpaired) electrons. The highest BCUT2D eigenvalue weighted by Gasteiger charge is 2.34. The van der Waals surface area contributed by atoms with E-state index in [0.717, 1.165) is 6.07 Å². The first-order valence-electron chi connectivity index (χ1n) is 6.67. The molecule has 0 heterocycles. The summed E-state index contributed by atoms with van der Waals surface area (Å²) in [6.07, 6.45) is -5.51. The van der Waals surface area contributed by atoms with Crippen molar-refractivity contribution in [1.29, 1.82) is 0 Å². The van der Waals surface area contributed by atoms with E-state index < -0.39 is 23.8 Å². The standard InChI is InChI=1S/C16H13BrF3NO2/c1-10(23-14-9-5-3-7-12(14)17)15(22)21-13-8-4-2-6-11(13)16(18,19)20/h2-10H,1H3,(H,21,22). The van der Waals surface area contributed by atoms with Crippen LogP contribution >= 0.6 is 15.9 Å². The van der Waals surface area contributed by atoms with Crippen molar-refractivity contribution in [3.63, 3.8) is 0 Å². The summed E-state index contributed by atoms with van der Waals surface area (Å²) < 4.78 is 44.8. The molecule has 0 aromatic heterocycles. The van der Waals surface area contributed by atoms with Crippen LogP contribution in [0, 0.1) is 0 Å². The number of amides is 1. The van der Waals surface area contributed by atoms with Gasteiger partial charge in [-0.15, -0.1) is 0 Å². The SMILES string of the molecule is CC(Oc1ccccc1Br)C(=O)Nc1ccccc1C(F)(F)F. The number of hydrogen-bond donors (Lipinski definition) is 1. The fourth-order valence-electron chi connectivity index (χ4n) is 1.86. The molecule has 23 heavy (non-hydrogen) atoms. The third-order valence-electron chi connectivity index (χ3n) is 3.00. The fraction of sp³-hybridized carbons (Fsp3) is 0.188. The van der Waals surface area contributed by atoms with E-state index in [2.05, 4.69) is 21.2 Å². The lowest BCUT2D eigenvalue weighted by Crippen LogP contribution is -2.31. The highest BCUT2D eigenvalue weighted by Crippen LogP contribution is 2.34. The first-order chi connectivity index (χ1) is 10.8. The van der Waals surface area contributed by atoms with Gasteiger partial charge in [0.2, 0.25) is 0 Å². The minimum atomic E-state index is -4.55. The molecule has 2 rings (SSSR count). The van der Waals surface area contributed by atoms with Crippen LogP contribution in [0.25, 0.3) is 0 Å². The van der Waals surface area contributed by atoms with Gasteiger partial charge in [0.05, 0.1) is 15.7 Å². The van der Waals surface area contributed by atoms with Gasteiger partial charge >= 0.3 is 6.18 Å². The number of halogens is 4. The number of carbonyl (C=O) groups excluding carboxylic acids is 1. The Balaban J connectivity index is 2.12. The van der Waals surface area contributed by atoms with Crippen molar-refractivity contribution in [1.82, 2.24) is 0 Å². The van der Waals surface area contributed by atoms with E-state index in [0.29, 0.717) is 10.2 Å². The summed E-state index contributed by atoms with van der Waals surface area (Å²) in [5, 5.41) is 2.26. The Labute approximate surface area is 139 Å². The molecule has 1 N–H and O–H groups in total. The minimum absolute atomic E-state index is 0.299. The molecule has 0 bridgehead atoms. The van der Waals surface area contributed by atoms with E-state index in [1.165, 1.54) is 25.1 Å². The Morgan fingerprint density at radius 2 is 1.74 bits per heavy atom. The zero-order valence-corrected chi connectivity index (χ0v) is 13.6. The Morgan fingerprint density at radius 1 is 1.13 bits per heavy atom. The molecule has 1 atom stereocenters. The minimum Gasteiger partial charge on any atom is -0.480 e. The summed E-state index contributed by atoms with van der Waals surface area (Å²) in [6.45, 7) is 1.46. The van der Waals surface area contributed by atoms with E-state index in [9.17, 15) is 18.0 Å². The Morgan fingerprint density at radius 3 is 2.39 bits per heavy atom. The van der Waals surface area contributed by atoms with Crippen LogP contribution in [-0.4, -0.2) is 12.0 Å². The maximum Gasteiger partial charge on any atom is 0.418 e. The zero-order chi connectivity index (χ0) is 17.0. The molecule has 2 aromatic carbocycles. The van der Waals surface area contributed by atoms with Gasteiger partial charge in [-0.2, -0.15) is 13.2 Å². The zero-order valence-electron chi connectivity index (χ0n) is 12.0. The average Bonchev–Trinajstić information content (AvgIpc) is 2.49. The summed E-state index contributed by atoms with van der Waals surface area (Å²) in [5.41, 5.74) is -1.20. The van der Waals surface area contributed by atoms with E-state index in [4.69, 9.17) is 4.74 Å². The molecule has 1 unspecified atom stereocenters. The quantitative estimate of drug-likeness (QED) is 0.812. The number of hydrogen-bond acceptors (Lipinski definition) is 2. The van der Waals surface area contributed by atoms with E-state index in [-0.39, 0.29) is 5.69 Å². The van der Waals surface area contributed by atoms with Crippen molar-refractivity contribution in [3.05, 3.63) is 58.6 Å². The first kappa shape index (κ1) is 17.3. The van der Waals surface area contributed by atoms with Crippen molar-refractivity contribution in [2.24, 2.45) is 0 Å². The Hall–Kier alpha value is -2.02. The summed E-state index contributed by atoms with van der Waals surface area (Å²) in [7, 11) is 0. The van der Waals surface area contributed by atoms with Crippen LogP contribution in [-0.2, 0) is 11.0 Å². The second-order valence-electron chi connectivity index (χ2n) is 4.72. The molecule has 0 aliphatic rings. The van der Waals surface area contributed by atoms with Gasteiger partial charge in [-0.3, -0.25) is 4.79 Å². The van der Waals surface area contributed by atoms with Crippen LogP contribution in [0.3, 0.4) is 0 Å². The lowest BCUT2D eigenvalue weighted by Gasteiger charge is -2.18. The highest BCUT2D eigenvalue weighted by molar-refractivity contribution is 9.10. The first-order valence-corrected chi connectivity index (χ1v) is 7.46. The fourth-order valence-corrected chi connectivity index (χ4v) is 2.24. The average molecular weight is 388 g/mol. The molecule has 0 spiro atoms. The van der Waals surface area contributed by atoms with Crippen molar-refractivity contribution in [2.45, 2.75) is 19.2 Å². The molecule has 1 amide bonds. The van der Waals surface area contributed by atoms with Crippen LogP contribution in [0.4, 0.5) is 18.9 Å². The number of alkyl halides is 3. The highest BCUT2D eigenvalue weighted by atomic mass is 79.9. The number of benzene rings is 2. The van der Waals surface area contributed by atoms with E-state index >= 15 is 0 Å². The smallest absolute Gasteiger partial charge is 0.418 e. The molecule has 7 heteroatoms. The second kappa shape index (κ2) is 7.04. The molecule has 0 saturated heterocycles. The Kier molecular flexibility index (Phi) is 5.30. The van der Waals surface area contributed by atoms with Crippen molar-refractivity contribution in [3.8, 4) is 5.75 Å². The van der Waals surface area contributed by atoms with Gasteiger partial charge in [0, 0.05) is 0 Å². The third kappa shape index (κ3) is 4.48. The molecular weight excluding hydrogens is 375 g/mol.